The summed E-state index contributed by atoms with van der Waals surface area (Å²) in [5.41, 5.74) is 3.37. The van der Waals surface area contributed by atoms with E-state index in [-0.39, 0.29) is 18.0 Å². The molecule has 0 saturated heterocycles. The predicted molar refractivity (Wildman–Crippen MR) is 98.6 cm³/mol. The van der Waals surface area contributed by atoms with E-state index in [4.69, 9.17) is 14.2 Å². The number of methoxy groups -OCH3 is 2. The summed E-state index contributed by atoms with van der Waals surface area (Å²) in [6.07, 6.45) is 1.25. The molecule has 9 nitrogen and oxygen atoms in total. The number of nitro groups is 1. The monoisotopic (exact) mass is 373 g/mol. The molecule has 0 aliphatic carbocycles. The Morgan fingerprint density at radius 1 is 1.22 bits per heavy atom. The Balaban J connectivity index is 2.03. The Labute approximate surface area is 155 Å². The van der Waals surface area contributed by atoms with Gasteiger partial charge in [-0.1, -0.05) is 12.1 Å². The zero-order chi connectivity index (χ0) is 19.8. The summed E-state index contributed by atoms with van der Waals surface area (Å²) in [7, 11) is 2.73. The number of rotatable bonds is 8. The molecule has 142 valence electrons. The molecule has 0 radical (unpaired) electrons. The number of amides is 1. The number of hydrazone groups is 1. The Morgan fingerprint density at radius 2 is 1.96 bits per heavy atom. The van der Waals surface area contributed by atoms with Crippen molar-refractivity contribution in [2.75, 3.05) is 20.8 Å². The molecule has 2 aromatic carbocycles. The number of hydrogen-bond acceptors (Lipinski definition) is 7. The van der Waals surface area contributed by atoms with Crippen LogP contribution in [0.3, 0.4) is 0 Å². The summed E-state index contributed by atoms with van der Waals surface area (Å²) >= 11 is 0. The number of hydrogen-bond donors (Lipinski definition) is 1. The lowest BCUT2D eigenvalue weighted by molar-refractivity contribution is -0.385. The van der Waals surface area contributed by atoms with Gasteiger partial charge in [-0.3, -0.25) is 14.9 Å². The van der Waals surface area contributed by atoms with E-state index in [9.17, 15) is 14.9 Å². The van der Waals surface area contributed by atoms with Crippen molar-refractivity contribution in [3.63, 3.8) is 0 Å². The third kappa shape index (κ3) is 5.43. The summed E-state index contributed by atoms with van der Waals surface area (Å²) in [5.74, 6) is 0.465. The average molecular weight is 373 g/mol. The number of carbonyl (C=O) groups excluding carboxylic acids is 1. The zero-order valence-corrected chi connectivity index (χ0v) is 15.1. The minimum Gasteiger partial charge on any atom is -0.496 e. The highest BCUT2D eigenvalue weighted by Gasteiger charge is 2.18. The standard InChI is InChI=1S/C18H19N3O6/c1-12-5-4-6-14(7-12)27-11-18(22)20-19-10-13-8-15(21(23)24)17(26-3)9-16(13)25-2/h4-10H,11H2,1-3H3,(H,20,22). The summed E-state index contributed by atoms with van der Waals surface area (Å²) < 4.78 is 15.5. The Kier molecular flexibility index (Phi) is 6.70. The van der Waals surface area contributed by atoms with Crippen molar-refractivity contribution in [1.29, 1.82) is 0 Å². The van der Waals surface area contributed by atoms with E-state index in [0.717, 1.165) is 5.56 Å². The van der Waals surface area contributed by atoms with E-state index in [1.807, 2.05) is 19.1 Å². The molecule has 0 bridgehead atoms. The van der Waals surface area contributed by atoms with Gasteiger partial charge in [0.2, 0.25) is 5.75 Å². The first-order valence-electron chi connectivity index (χ1n) is 7.86. The third-order valence-corrected chi connectivity index (χ3v) is 3.48. The number of aryl methyl sites for hydroxylation is 1. The van der Waals surface area contributed by atoms with Crippen molar-refractivity contribution in [2.24, 2.45) is 5.10 Å². The van der Waals surface area contributed by atoms with Gasteiger partial charge < -0.3 is 14.2 Å². The minimum atomic E-state index is -0.579. The van der Waals surface area contributed by atoms with Crippen LogP contribution < -0.4 is 19.6 Å². The van der Waals surface area contributed by atoms with Crippen molar-refractivity contribution in [1.82, 2.24) is 5.43 Å². The molecular formula is C18H19N3O6. The molecule has 0 spiro atoms. The van der Waals surface area contributed by atoms with Gasteiger partial charge in [-0.05, 0) is 24.6 Å². The van der Waals surface area contributed by atoms with Gasteiger partial charge in [0.25, 0.3) is 5.91 Å². The molecule has 0 aliphatic rings. The van der Waals surface area contributed by atoms with Crippen molar-refractivity contribution in [3.05, 3.63) is 57.6 Å². The number of carbonyl (C=O) groups is 1. The average Bonchev–Trinajstić information content (AvgIpc) is 2.65. The Morgan fingerprint density at radius 3 is 2.59 bits per heavy atom. The highest BCUT2D eigenvalue weighted by atomic mass is 16.6. The van der Waals surface area contributed by atoms with E-state index >= 15 is 0 Å². The van der Waals surface area contributed by atoms with Crippen LogP contribution in [0.1, 0.15) is 11.1 Å². The van der Waals surface area contributed by atoms with E-state index in [1.165, 1.54) is 32.6 Å². The Hall–Kier alpha value is -3.62. The van der Waals surface area contributed by atoms with Crippen LogP contribution in [0.2, 0.25) is 0 Å². The first kappa shape index (κ1) is 19.7. The van der Waals surface area contributed by atoms with Crippen LogP contribution in [0.25, 0.3) is 0 Å². The zero-order valence-electron chi connectivity index (χ0n) is 15.1. The fourth-order valence-electron chi connectivity index (χ4n) is 2.21. The summed E-state index contributed by atoms with van der Waals surface area (Å²) in [4.78, 5) is 22.3. The van der Waals surface area contributed by atoms with E-state index in [2.05, 4.69) is 10.5 Å². The third-order valence-electron chi connectivity index (χ3n) is 3.48. The number of benzene rings is 2. The van der Waals surface area contributed by atoms with Gasteiger partial charge in [0.1, 0.15) is 11.5 Å². The van der Waals surface area contributed by atoms with E-state index in [0.29, 0.717) is 17.1 Å². The van der Waals surface area contributed by atoms with Gasteiger partial charge in [0.15, 0.2) is 6.61 Å². The van der Waals surface area contributed by atoms with Crippen molar-refractivity contribution >= 4 is 17.8 Å². The van der Waals surface area contributed by atoms with Crippen LogP contribution in [0.15, 0.2) is 41.5 Å². The van der Waals surface area contributed by atoms with Gasteiger partial charge in [-0.2, -0.15) is 5.10 Å². The van der Waals surface area contributed by atoms with Crippen LogP contribution in [0.4, 0.5) is 5.69 Å². The Bertz CT molecular complexity index is 866. The maximum atomic E-state index is 11.8. The minimum absolute atomic E-state index is 0.0598. The largest absolute Gasteiger partial charge is 0.496 e. The molecule has 1 N–H and O–H groups in total. The number of nitrogens with zero attached hydrogens (tertiary/aromatic N) is 2. The molecule has 27 heavy (non-hydrogen) atoms. The molecule has 0 unspecified atom stereocenters. The normalized spacial score (nSPS) is 10.5. The van der Waals surface area contributed by atoms with Crippen LogP contribution in [-0.4, -0.2) is 37.9 Å². The van der Waals surface area contributed by atoms with Crippen LogP contribution >= 0.6 is 0 Å². The van der Waals surface area contributed by atoms with Gasteiger partial charge in [-0.25, -0.2) is 5.43 Å². The molecule has 0 atom stereocenters. The van der Waals surface area contributed by atoms with Gasteiger partial charge >= 0.3 is 5.69 Å². The first-order valence-corrected chi connectivity index (χ1v) is 7.86. The molecule has 0 heterocycles. The summed E-state index contributed by atoms with van der Waals surface area (Å²) in [6, 6.07) is 9.91. The fourth-order valence-corrected chi connectivity index (χ4v) is 2.21. The molecule has 1 amide bonds. The van der Waals surface area contributed by atoms with Crippen molar-refractivity contribution in [2.45, 2.75) is 6.92 Å². The molecular weight excluding hydrogens is 354 g/mol. The van der Waals surface area contributed by atoms with E-state index in [1.54, 1.807) is 12.1 Å². The molecule has 0 aliphatic heterocycles. The lowest BCUT2D eigenvalue weighted by Gasteiger charge is -2.08. The highest BCUT2D eigenvalue weighted by Crippen LogP contribution is 2.33. The lowest BCUT2D eigenvalue weighted by atomic mass is 10.1. The quantitative estimate of drug-likeness (QED) is 0.432. The van der Waals surface area contributed by atoms with Crippen molar-refractivity contribution in [3.8, 4) is 17.2 Å². The second-order valence-electron chi connectivity index (χ2n) is 5.42. The van der Waals surface area contributed by atoms with Gasteiger partial charge in [-0.15, -0.1) is 0 Å². The smallest absolute Gasteiger partial charge is 0.311 e. The molecule has 2 rings (SSSR count). The maximum absolute atomic E-state index is 11.8. The molecule has 9 heteroatoms. The summed E-state index contributed by atoms with van der Waals surface area (Å²) in [6.45, 7) is 1.69. The molecule has 0 fully saturated rings. The first-order chi connectivity index (χ1) is 12.9. The fraction of sp³-hybridized carbons (Fsp3) is 0.222. The topological polar surface area (TPSA) is 112 Å². The second kappa shape index (κ2) is 9.18. The van der Waals surface area contributed by atoms with Crippen LogP contribution in [0.5, 0.6) is 17.2 Å². The molecule has 2 aromatic rings. The molecule has 0 saturated carbocycles. The highest BCUT2D eigenvalue weighted by molar-refractivity contribution is 5.87. The summed E-state index contributed by atoms with van der Waals surface area (Å²) in [5, 5.41) is 14.9. The van der Waals surface area contributed by atoms with Gasteiger partial charge in [0, 0.05) is 17.7 Å². The maximum Gasteiger partial charge on any atom is 0.311 e. The molecule has 0 aromatic heterocycles. The SMILES string of the molecule is COc1cc(OC)c([N+](=O)[O-])cc1C=NNC(=O)COc1cccc(C)c1. The lowest BCUT2D eigenvalue weighted by Crippen LogP contribution is -2.24. The number of nitrogens with one attached hydrogen (secondary N) is 1. The van der Waals surface area contributed by atoms with Crippen LogP contribution in [0, 0.1) is 17.0 Å². The van der Waals surface area contributed by atoms with Crippen molar-refractivity contribution < 1.29 is 23.9 Å². The van der Waals surface area contributed by atoms with E-state index < -0.39 is 10.8 Å². The van der Waals surface area contributed by atoms with Crippen LogP contribution in [-0.2, 0) is 4.79 Å². The van der Waals surface area contributed by atoms with Gasteiger partial charge in [0.05, 0.1) is 25.4 Å². The number of ether oxygens (including phenoxy) is 3. The number of nitro benzene ring substituents is 1. The second-order valence-corrected chi connectivity index (χ2v) is 5.42. The predicted octanol–water partition coefficient (Wildman–Crippen LogP) is 2.45.